The molecule has 28 heavy (non-hydrogen) atoms. The van der Waals surface area contributed by atoms with Crippen LogP contribution < -0.4 is 0 Å². The third-order valence-corrected chi connectivity index (χ3v) is 10.4. The van der Waals surface area contributed by atoms with E-state index < -0.39 is 26.4 Å². The molecule has 0 radical (unpaired) electrons. The first-order valence-electron chi connectivity index (χ1n) is 9.90. The summed E-state index contributed by atoms with van der Waals surface area (Å²) in [6.45, 7) is 15.4. The number of fused-ring (bicyclic) bond motifs is 1. The summed E-state index contributed by atoms with van der Waals surface area (Å²) in [4.78, 5) is 14.4. The van der Waals surface area contributed by atoms with Crippen molar-refractivity contribution in [3.05, 3.63) is 35.9 Å². The van der Waals surface area contributed by atoms with E-state index in [1.807, 2.05) is 44.2 Å². The van der Waals surface area contributed by atoms with Crippen LogP contribution in [0.15, 0.2) is 30.3 Å². The van der Waals surface area contributed by atoms with Gasteiger partial charge in [0.05, 0.1) is 12.6 Å². The minimum atomic E-state index is -2.03. The van der Waals surface area contributed by atoms with Crippen molar-refractivity contribution in [1.29, 1.82) is 0 Å². The number of rotatable bonds is 4. The van der Waals surface area contributed by atoms with Crippen molar-refractivity contribution in [1.82, 2.24) is 4.90 Å². The first-order valence-corrected chi connectivity index (χ1v) is 12.8. The van der Waals surface area contributed by atoms with Gasteiger partial charge in [-0.25, -0.2) is 4.79 Å². The van der Waals surface area contributed by atoms with Gasteiger partial charge in [0.2, 0.25) is 0 Å². The van der Waals surface area contributed by atoms with E-state index in [0.29, 0.717) is 6.54 Å². The Kier molecular flexibility index (Phi) is 5.66. The van der Waals surface area contributed by atoms with E-state index in [2.05, 4.69) is 33.9 Å². The molecular weight excluding hydrogens is 374 g/mol. The fourth-order valence-corrected chi connectivity index (χ4v) is 4.63. The zero-order valence-electron chi connectivity index (χ0n) is 18.0. The number of hydrogen-bond acceptors (Lipinski definition) is 5. The fourth-order valence-electron chi connectivity index (χ4n) is 3.31. The third kappa shape index (κ3) is 4.43. The number of amides is 1. The molecule has 156 valence electrons. The molecule has 2 aliphatic heterocycles. The average Bonchev–Trinajstić information content (AvgIpc) is 3.06. The number of hydrogen-bond donors (Lipinski definition) is 0. The molecule has 0 unspecified atom stereocenters. The van der Waals surface area contributed by atoms with Crippen molar-refractivity contribution in [3.8, 4) is 0 Å². The topological polar surface area (TPSA) is 57.2 Å². The average molecular weight is 408 g/mol. The molecule has 2 heterocycles. The van der Waals surface area contributed by atoms with Gasteiger partial charge in [0.25, 0.3) is 0 Å². The van der Waals surface area contributed by atoms with Gasteiger partial charge in [-0.1, -0.05) is 51.1 Å². The lowest BCUT2D eigenvalue weighted by atomic mass is 10.2. The number of carbonyl (C=O) groups is 1. The van der Waals surface area contributed by atoms with Gasteiger partial charge in [-0.05, 0) is 37.5 Å². The Morgan fingerprint density at radius 1 is 1.21 bits per heavy atom. The van der Waals surface area contributed by atoms with Crippen LogP contribution in [0.5, 0.6) is 0 Å². The summed E-state index contributed by atoms with van der Waals surface area (Å²) in [5.41, 5.74) is 0.949. The Morgan fingerprint density at radius 3 is 2.46 bits per heavy atom. The second-order valence-corrected chi connectivity index (χ2v) is 14.4. The van der Waals surface area contributed by atoms with Crippen LogP contribution in [0.3, 0.4) is 0 Å². The summed E-state index contributed by atoms with van der Waals surface area (Å²) in [7, 11) is -2.03. The summed E-state index contributed by atoms with van der Waals surface area (Å²) in [6.07, 6.45) is -1.43. The molecule has 3 atom stereocenters. The van der Waals surface area contributed by atoms with Crippen molar-refractivity contribution >= 4 is 14.4 Å². The molecule has 0 bridgehead atoms. The van der Waals surface area contributed by atoms with Crippen LogP contribution in [0.4, 0.5) is 4.79 Å². The third-order valence-electron chi connectivity index (χ3n) is 5.85. The molecule has 2 saturated heterocycles. The van der Waals surface area contributed by atoms with Crippen LogP contribution in [0.1, 0.15) is 40.2 Å². The number of nitrogens with zero attached hydrogens (tertiary/aromatic N) is 1. The minimum Gasteiger partial charge on any atom is -0.444 e. The Balaban J connectivity index is 1.72. The monoisotopic (exact) mass is 407 g/mol. The molecule has 1 amide bonds. The molecule has 0 spiro atoms. The minimum absolute atomic E-state index is 0.0682. The second kappa shape index (κ2) is 7.44. The van der Waals surface area contributed by atoms with Gasteiger partial charge in [-0.15, -0.1) is 0 Å². The zero-order valence-corrected chi connectivity index (χ0v) is 19.0. The van der Waals surface area contributed by atoms with Crippen LogP contribution in [-0.4, -0.2) is 50.1 Å². The Bertz CT molecular complexity index is 700. The summed E-state index contributed by atoms with van der Waals surface area (Å²) < 4.78 is 24.3. The van der Waals surface area contributed by atoms with Crippen LogP contribution in [-0.2, 0) is 25.2 Å². The van der Waals surface area contributed by atoms with E-state index in [-0.39, 0.29) is 23.9 Å². The number of benzene rings is 1. The van der Waals surface area contributed by atoms with Gasteiger partial charge in [0, 0.05) is 0 Å². The standard InChI is InChI=1S/C21H33NO5Si/c1-20(2,3)28(6,7)27-16-13-22(18-17(16)25-21(4,5)26-18)19(23)24-14-15-11-9-8-10-12-15/h8-12,16-18H,13-14H2,1-7H3/t16-,17-,18-/m1/s1. The SMILES string of the molecule is CC1(C)O[C@H]2[C@@H](O1)N(C(=O)OCc1ccccc1)C[C@H]2O[Si](C)(C)C(C)(C)C. The van der Waals surface area contributed by atoms with E-state index in [4.69, 9.17) is 18.6 Å². The van der Waals surface area contributed by atoms with Gasteiger partial charge in [-0.2, -0.15) is 0 Å². The first kappa shape index (κ1) is 21.3. The molecule has 2 aliphatic rings. The van der Waals surface area contributed by atoms with E-state index in [9.17, 15) is 4.79 Å². The Labute approximate surface area is 169 Å². The van der Waals surface area contributed by atoms with Crippen molar-refractivity contribution in [2.24, 2.45) is 0 Å². The molecule has 1 aromatic rings. The lowest BCUT2D eigenvalue weighted by Crippen LogP contribution is -2.47. The van der Waals surface area contributed by atoms with Gasteiger partial charge in [0.15, 0.2) is 20.3 Å². The Hall–Kier alpha value is -1.41. The van der Waals surface area contributed by atoms with Crippen molar-refractivity contribution in [3.63, 3.8) is 0 Å². The molecular formula is C21H33NO5Si. The number of likely N-dealkylation sites (tertiary alicyclic amines) is 1. The number of ether oxygens (including phenoxy) is 3. The molecule has 0 aromatic heterocycles. The summed E-state index contributed by atoms with van der Waals surface area (Å²) in [5.74, 6) is -0.761. The van der Waals surface area contributed by atoms with Crippen molar-refractivity contribution < 1.29 is 23.4 Å². The van der Waals surface area contributed by atoms with E-state index in [1.54, 1.807) is 4.90 Å². The highest BCUT2D eigenvalue weighted by Gasteiger charge is 2.57. The molecule has 3 rings (SSSR count). The fraction of sp³-hybridized carbons (Fsp3) is 0.667. The van der Waals surface area contributed by atoms with Gasteiger partial charge < -0.3 is 18.6 Å². The largest absolute Gasteiger partial charge is 0.444 e. The highest BCUT2D eigenvalue weighted by Crippen LogP contribution is 2.43. The van der Waals surface area contributed by atoms with E-state index in [0.717, 1.165) is 5.56 Å². The van der Waals surface area contributed by atoms with E-state index >= 15 is 0 Å². The maximum Gasteiger partial charge on any atom is 0.412 e. The molecule has 0 saturated carbocycles. The number of carbonyl (C=O) groups excluding carboxylic acids is 1. The quantitative estimate of drug-likeness (QED) is 0.688. The lowest BCUT2D eigenvalue weighted by Gasteiger charge is -2.39. The van der Waals surface area contributed by atoms with Crippen molar-refractivity contribution in [2.45, 2.75) is 83.6 Å². The predicted octanol–water partition coefficient (Wildman–Crippen LogP) is 4.51. The molecule has 6 nitrogen and oxygen atoms in total. The van der Waals surface area contributed by atoms with Gasteiger partial charge >= 0.3 is 6.09 Å². The highest BCUT2D eigenvalue weighted by atomic mass is 28.4. The maximum absolute atomic E-state index is 12.8. The highest BCUT2D eigenvalue weighted by molar-refractivity contribution is 6.74. The summed E-state index contributed by atoms with van der Waals surface area (Å²) in [5, 5.41) is 0.0682. The van der Waals surface area contributed by atoms with Crippen LogP contribution in [0.25, 0.3) is 0 Å². The molecule has 7 heteroatoms. The van der Waals surface area contributed by atoms with E-state index in [1.165, 1.54) is 0 Å². The molecule has 0 aliphatic carbocycles. The zero-order chi connectivity index (χ0) is 20.7. The van der Waals surface area contributed by atoms with Crippen LogP contribution in [0.2, 0.25) is 18.1 Å². The normalized spacial score (nSPS) is 27.0. The van der Waals surface area contributed by atoms with Gasteiger partial charge in [-0.3, -0.25) is 4.90 Å². The predicted molar refractivity (Wildman–Crippen MR) is 109 cm³/mol. The molecule has 1 aromatic carbocycles. The van der Waals surface area contributed by atoms with Crippen molar-refractivity contribution in [2.75, 3.05) is 6.54 Å². The summed E-state index contributed by atoms with van der Waals surface area (Å²) >= 11 is 0. The maximum atomic E-state index is 12.8. The molecule has 0 N–H and O–H groups in total. The molecule has 2 fully saturated rings. The Morgan fingerprint density at radius 2 is 1.86 bits per heavy atom. The van der Waals surface area contributed by atoms with Gasteiger partial charge in [0.1, 0.15) is 12.7 Å². The summed E-state index contributed by atoms with van der Waals surface area (Å²) in [6, 6.07) is 9.65. The van der Waals surface area contributed by atoms with Crippen LogP contribution >= 0.6 is 0 Å². The first-order chi connectivity index (χ1) is 12.9. The smallest absolute Gasteiger partial charge is 0.412 e. The van der Waals surface area contributed by atoms with Crippen LogP contribution in [0, 0.1) is 0 Å². The second-order valence-electron chi connectivity index (χ2n) is 9.60. The lowest BCUT2D eigenvalue weighted by molar-refractivity contribution is -0.173.